The third-order valence-electron chi connectivity index (χ3n) is 4.81. The van der Waals surface area contributed by atoms with Gasteiger partial charge in [-0.2, -0.15) is 0 Å². The summed E-state index contributed by atoms with van der Waals surface area (Å²) in [6.45, 7) is 0.0374. The predicted molar refractivity (Wildman–Crippen MR) is 109 cm³/mol. The van der Waals surface area contributed by atoms with Crippen LogP contribution in [0, 0.1) is 0 Å². The predicted octanol–water partition coefficient (Wildman–Crippen LogP) is 1.44. The lowest BCUT2D eigenvalue weighted by Crippen LogP contribution is -2.44. The fourth-order valence-corrected chi connectivity index (χ4v) is 3.52. The van der Waals surface area contributed by atoms with E-state index < -0.39 is 11.7 Å². The number of carbonyl (C=O) groups excluding carboxylic acids is 2. The molecule has 1 aliphatic rings. The van der Waals surface area contributed by atoms with Crippen LogP contribution in [-0.2, 0) is 16.1 Å². The molecule has 0 saturated carbocycles. The minimum Gasteiger partial charge on any atom is -0.497 e. The van der Waals surface area contributed by atoms with Gasteiger partial charge in [0.25, 0.3) is 5.91 Å². The van der Waals surface area contributed by atoms with Gasteiger partial charge < -0.3 is 4.74 Å². The molecule has 154 valence electrons. The first-order valence-electron chi connectivity index (χ1n) is 9.10. The van der Waals surface area contributed by atoms with Gasteiger partial charge in [-0.15, -0.1) is 0 Å². The third kappa shape index (κ3) is 3.79. The van der Waals surface area contributed by atoms with Crippen LogP contribution in [-0.4, -0.2) is 30.2 Å². The average Bonchev–Trinajstić information content (AvgIpc) is 3.26. The maximum absolute atomic E-state index is 12.8. The summed E-state index contributed by atoms with van der Waals surface area (Å²) in [7, 11) is 1.56. The minimum absolute atomic E-state index is 0.00713. The Morgan fingerprint density at radius 3 is 2.53 bits per heavy atom. The Morgan fingerprint density at radius 2 is 1.87 bits per heavy atom. The second-order valence-corrected chi connectivity index (χ2v) is 7.56. The maximum atomic E-state index is 12.8. The first-order chi connectivity index (χ1) is 14.5. The largest absolute Gasteiger partial charge is 0.497 e. The summed E-state index contributed by atoms with van der Waals surface area (Å²) >= 11 is 3.33. The Hall–Kier alpha value is -3.24. The molecule has 1 aromatic heterocycles. The summed E-state index contributed by atoms with van der Waals surface area (Å²) in [6.07, 6.45) is 0.00713. The number of aromatic nitrogens is 2. The Balaban J connectivity index is 1.51. The molecule has 2 amide bonds. The van der Waals surface area contributed by atoms with Crippen LogP contribution >= 0.6 is 15.9 Å². The Kier molecular flexibility index (Phi) is 5.51. The Bertz CT molecular complexity index is 1140. The van der Waals surface area contributed by atoms with Crippen molar-refractivity contribution in [2.75, 3.05) is 12.0 Å². The number of anilines is 1. The lowest BCUT2D eigenvalue weighted by Gasteiger charge is -2.15. The van der Waals surface area contributed by atoms with Crippen LogP contribution in [0.1, 0.15) is 12.1 Å². The number of rotatable bonds is 6. The number of H-pyrrole nitrogens is 1. The normalized spacial score (nSPS) is 16.3. The van der Waals surface area contributed by atoms with Gasteiger partial charge in [-0.1, -0.05) is 15.9 Å². The van der Waals surface area contributed by atoms with Gasteiger partial charge in [0.15, 0.2) is 0 Å². The van der Waals surface area contributed by atoms with Gasteiger partial charge >= 0.3 is 11.3 Å². The van der Waals surface area contributed by atoms with Crippen molar-refractivity contribution < 1.29 is 23.5 Å². The number of aromatic amines is 1. The highest BCUT2D eigenvalue weighted by Gasteiger charge is 2.40. The second kappa shape index (κ2) is 8.25. The molecule has 2 heterocycles. The van der Waals surface area contributed by atoms with E-state index >= 15 is 0 Å². The zero-order valence-electron chi connectivity index (χ0n) is 15.9. The summed E-state index contributed by atoms with van der Waals surface area (Å²) in [4.78, 5) is 38.5. The van der Waals surface area contributed by atoms with Crippen LogP contribution in [0.5, 0.6) is 5.75 Å². The third-order valence-corrected chi connectivity index (χ3v) is 5.34. The lowest BCUT2D eigenvalue weighted by molar-refractivity contribution is -0.677. The first-order valence-corrected chi connectivity index (χ1v) is 9.90. The molecule has 1 atom stereocenters. The van der Waals surface area contributed by atoms with Crippen LogP contribution < -0.4 is 25.3 Å². The first kappa shape index (κ1) is 20.0. The van der Waals surface area contributed by atoms with E-state index in [1.54, 1.807) is 55.6 Å². The number of carbonyl (C=O) groups is 2. The van der Waals surface area contributed by atoms with Crippen molar-refractivity contribution in [1.29, 1.82) is 0 Å². The van der Waals surface area contributed by atoms with Crippen molar-refractivity contribution in [3.8, 4) is 11.4 Å². The summed E-state index contributed by atoms with van der Waals surface area (Å²) in [6, 6.07) is 13.2. The number of amides is 2. The van der Waals surface area contributed by atoms with Crippen LogP contribution in [0.2, 0.25) is 0 Å². The van der Waals surface area contributed by atoms with Gasteiger partial charge in [0.05, 0.1) is 31.8 Å². The number of ether oxygens (including phenoxy) is 1. The van der Waals surface area contributed by atoms with Crippen LogP contribution in [0.4, 0.5) is 5.69 Å². The SMILES string of the molecule is COc1ccc(-[n+]2[nH]oc(=O)c2CNC2CC(=O)N(c3ccc(Br)cc3)C2=O)cc1. The molecule has 1 fully saturated rings. The van der Waals surface area contributed by atoms with E-state index in [2.05, 4.69) is 26.5 Å². The molecular weight excluding hydrogens is 456 g/mol. The van der Waals surface area contributed by atoms with Crippen LogP contribution in [0.15, 0.2) is 62.3 Å². The van der Waals surface area contributed by atoms with Crippen molar-refractivity contribution in [3.05, 3.63) is 69.1 Å². The van der Waals surface area contributed by atoms with E-state index in [1.807, 2.05) is 0 Å². The van der Waals surface area contributed by atoms with Gasteiger partial charge in [-0.05, 0) is 46.4 Å². The van der Waals surface area contributed by atoms with Crippen molar-refractivity contribution >= 4 is 33.4 Å². The minimum atomic E-state index is -0.736. The molecule has 0 aliphatic carbocycles. The summed E-state index contributed by atoms with van der Waals surface area (Å²) in [5, 5.41) is 5.55. The topological polar surface area (TPSA) is 109 Å². The van der Waals surface area contributed by atoms with Gasteiger partial charge in [0.2, 0.25) is 11.6 Å². The van der Waals surface area contributed by atoms with Crippen LogP contribution in [0.3, 0.4) is 0 Å². The van der Waals surface area contributed by atoms with Gasteiger partial charge in [0.1, 0.15) is 5.75 Å². The van der Waals surface area contributed by atoms with E-state index in [9.17, 15) is 14.4 Å². The number of halogens is 1. The second-order valence-electron chi connectivity index (χ2n) is 6.64. The van der Waals surface area contributed by atoms with Gasteiger partial charge in [0, 0.05) is 16.6 Å². The number of imide groups is 1. The number of benzene rings is 2. The Labute approximate surface area is 179 Å². The average molecular weight is 474 g/mol. The molecule has 0 spiro atoms. The summed E-state index contributed by atoms with van der Waals surface area (Å²) < 4.78 is 12.4. The molecule has 1 aliphatic heterocycles. The van der Waals surface area contributed by atoms with Crippen LogP contribution in [0.25, 0.3) is 5.69 Å². The van der Waals surface area contributed by atoms with Crippen molar-refractivity contribution in [2.24, 2.45) is 0 Å². The standard InChI is InChI=1S/C20H17BrN4O5/c1-29-15-8-6-14(7-9-15)25-17(20(28)30-23-25)11-22-16-10-18(26)24(19(16)27)13-4-2-12(21)3-5-13/h2-9,16,22H,10-11H2,1H3/p+1. The number of hydrogen-bond acceptors (Lipinski definition) is 6. The molecule has 10 heteroatoms. The highest BCUT2D eigenvalue weighted by atomic mass is 79.9. The molecule has 0 radical (unpaired) electrons. The fourth-order valence-electron chi connectivity index (χ4n) is 3.26. The molecule has 9 nitrogen and oxygen atoms in total. The van der Waals surface area contributed by atoms with E-state index in [4.69, 9.17) is 9.26 Å². The number of nitrogens with zero attached hydrogens (tertiary/aromatic N) is 2. The van der Waals surface area contributed by atoms with Crippen molar-refractivity contribution in [3.63, 3.8) is 0 Å². The maximum Gasteiger partial charge on any atom is 0.431 e. The highest BCUT2D eigenvalue weighted by Crippen LogP contribution is 2.24. The molecule has 3 aromatic rings. The van der Waals surface area contributed by atoms with Crippen molar-refractivity contribution in [1.82, 2.24) is 10.6 Å². The molecule has 30 heavy (non-hydrogen) atoms. The molecular formula is C20H18BrN4O5+. The number of methoxy groups -OCH3 is 1. The molecule has 2 aromatic carbocycles. The zero-order chi connectivity index (χ0) is 21.3. The quantitative estimate of drug-likeness (QED) is 0.414. The Morgan fingerprint density at radius 1 is 1.17 bits per heavy atom. The lowest BCUT2D eigenvalue weighted by atomic mass is 10.2. The highest BCUT2D eigenvalue weighted by molar-refractivity contribution is 9.10. The van der Waals surface area contributed by atoms with Crippen molar-refractivity contribution in [2.45, 2.75) is 19.0 Å². The van der Waals surface area contributed by atoms with Gasteiger partial charge in [-0.3, -0.25) is 19.4 Å². The molecule has 0 bridgehead atoms. The number of hydrogen-bond donors (Lipinski definition) is 2. The van der Waals surface area contributed by atoms with E-state index in [1.165, 1.54) is 4.68 Å². The fraction of sp³-hybridized carbons (Fsp3) is 0.200. The zero-order valence-corrected chi connectivity index (χ0v) is 17.5. The summed E-state index contributed by atoms with van der Waals surface area (Å²) in [5.41, 5.74) is 0.859. The molecule has 1 unspecified atom stereocenters. The monoisotopic (exact) mass is 473 g/mol. The van der Waals surface area contributed by atoms with E-state index in [0.717, 1.165) is 9.37 Å². The van der Waals surface area contributed by atoms with E-state index in [-0.39, 0.29) is 30.5 Å². The van der Waals surface area contributed by atoms with Gasteiger partial charge in [-0.25, -0.2) is 9.69 Å². The molecule has 2 N–H and O–H groups in total. The van der Waals surface area contributed by atoms with E-state index in [0.29, 0.717) is 17.1 Å². The summed E-state index contributed by atoms with van der Waals surface area (Å²) in [5.74, 6) is 0.00941. The smallest absolute Gasteiger partial charge is 0.431 e. The molecule has 1 saturated heterocycles. The molecule has 4 rings (SSSR count). The number of nitrogens with one attached hydrogen (secondary N) is 2.